The molecule has 0 fully saturated rings. The van der Waals surface area contributed by atoms with Gasteiger partial charge in [0.1, 0.15) is 11.4 Å². The van der Waals surface area contributed by atoms with Gasteiger partial charge in [-0.25, -0.2) is 4.98 Å². The summed E-state index contributed by atoms with van der Waals surface area (Å²) in [5.74, 6) is 0.0861. The van der Waals surface area contributed by atoms with Crippen LogP contribution >= 0.6 is 27.5 Å². The predicted octanol–water partition coefficient (Wildman–Crippen LogP) is 5.66. The molecule has 1 aliphatic heterocycles. The summed E-state index contributed by atoms with van der Waals surface area (Å²) in [4.78, 5) is 32.9. The van der Waals surface area contributed by atoms with E-state index in [1.54, 1.807) is 24.4 Å². The summed E-state index contributed by atoms with van der Waals surface area (Å²) in [5, 5.41) is 0.767. The van der Waals surface area contributed by atoms with E-state index in [2.05, 4.69) is 20.9 Å². The number of nitrogens with zero attached hydrogens (tertiary/aromatic N) is 2. The molecule has 148 valence electrons. The number of pyridine rings is 1. The molecule has 2 aromatic heterocycles. The number of hydrogen-bond donors (Lipinski definition) is 0. The first-order valence-electron chi connectivity index (χ1n) is 9.22. The molecule has 0 spiro atoms. The monoisotopic (exact) mass is 480 g/mol. The van der Waals surface area contributed by atoms with Gasteiger partial charge in [-0.2, -0.15) is 0 Å². The quantitative estimate of drug-likeness (QED) is 0.370. The van der Waals surface area contributed by atoms with Crippen molar-refractivity contribution in [1.29, 1.82) is 0 Å². The molecule has 0 saturated heterocycles. The second kappa shape index (κ2) is 7.07. The fourth-order valence-electron chi connectivity index (χ4n) is 3.83. The fraction of sp³-hybridized carbons (Fsp3) is 0.0870. The van der Waals surface area contributed by atoms with Crippen LogP contribution in [-0.2, 0) is 0 Å². The number of rotatable bonds is 2. The molecule has 4 aromatic rings. The van der Waals surface area contributed by atoms with Gasteiger partial charge in [0.2, 0.25) is 5.76 Å². The first kappa shape index (κ1) is 19.0. The van der Waals surface area contributed by atoms with Gasteiger partial charge in [0, 0.05) is 15.7 Å². The van der Waals surface area contributed by atoms with Gasteiger partial charge in [-0.1, -0.05) is 39.7 Å². The van der Waals surface area contributed by atoms with Gasteiger partial charge < -0.3 is 4.42 Å². The molecule has 7 heteroatoms. The van der Waals surface area contributed by atoms with E-state index in [9.17, 15) is 9.59 Å². The Morgan fingerprint density at radius 1 is 1.10 bits per heavy atom. The first-order valence-corrected chi connectivity index (χ1v) is 10.4. The van der Waals surface area contributed by atoms with E-state index in [1.807, 2.05) is 43.3 Å². The normalized spacial score (nSPS) is 15.6. The second-order valence-electron chi connectivity index (χ2n) is 7.14. The zero-order valence-electron chi connectivity index (χ0n) is 15.7. The predicted molar refractivity (Wildman–Crippen MR) is 119 cm³/mol. The number of aromatic nitrogens is 1. The Morgan fingerprint density at radius 2 is 1.93 bits per heavy atom. The standard InChI is InChI=1S/C23H14BrClN2O3/c1-12-7-8-26-18(9-12)27-20(13-3-2-4-14(24)10-13)19-21(28)16-11-15(25)5-6-17(16)30-22(19)23(27)29/h2-11,20H,1H3/t20-/m1/s1. The molecule has 0 radical (unpaired) electrons. The van der Waals surface area contributed by atoms with Crippen LogP contribution in [0, 0.1) is 6.92 Å². The smallest absolute Gasteiger partial charge is 0.296 e. The largest absolute Gasteiger partial charge is 0.450 e. The van der Waals surface area contributed by atoms with E-state index < -0.39 is 11.9 Å². The number of benzene rings is 2. The van der Waals surface area contributed by atoms with Crippen molar-refractivity contribution < 1.29 is 9.21 Å². The first-order chi connectivity index (χ1) is 14.4. The highest BCUT2D eigenvalue weighted by molar-refractivity contribution is 9.10. The topological polar surface area (TPSA) is 63.4 Å². The van der Waals surface area contributed by atoms with Crippen LogP contribution in [0.3, 0.4) is 0 Å². The number of halogens is 2. The Morgan fingerprint density at radius 3 is 2.70 bits per heavy atom. The summed E-state index contributed by atoms with van der Waals surface area (Å²) >= 11 is 9.59. The molecule has 1 atom stereocenters. The van der Waals surface area contributed by atoms with Crippen LogP contribution in [0.5, 0.6) is 0 Å². The van der Waals surface area contributed by atoms with Gasteiger partial charge >= 0.3 is 0 Å². The van der Waals surface area contributed by atoms with Crippen molar-refractivity contribution in [3.8, 4) is 0 Å². The average Bonchev–Trinajstić information content (AvgIpc) is 3.01. The molecule has 0 bridgehead atoms. The summed E-state index contributed by atoms with van der Waals surface area (Å²) in [5.41, 5.74) is 2.06. The number of hydrogen-bond acceptors (Lipinski definition) is 4. The summed E-state index contributed by atoms with van der Waals surface area (Å²) < 4.78 is 6.77. The van der Waals surface area contributed by atoms with Gasteiger partial charge in [-0.15, -0.1) is 0 Å². The SMILES string of the molecule is Cc1ccnc(N2C(=O)c3oc4ccc(Cl)cc4c(=O)c3[C@H]2c2cccc(Br)c2)c1. The molecule has 1 aliphatic rings. The maximum atomic E-state index is 13.5. The second-order valence-corrected chi connectivity index (χ2v) is 8.49. The molecule has 30 heavy (non-hydrogen) atoms. The third-order valence-corrected chi connectivity index (χ3v) is 5.87. The van der Waals surface area contributed by atoms with Crippen molar-refractivity contribution >= 4 is 50.2 Å². The number of amides is 1. The lowest BCUT2D eigenvalue weighted by molar-refractivity contribution is 0.0970. The minimum atomic E-state index is -0.668. The van der Waals surface area contributed by atoms with Crippen LogP contribution in [0.25, 0.3) is 11.0 Å². The third kappa shape index (κ3) is 2.95. The Labute approximate surface area is 185 Å². The maximum absolute atomic E-state index is 13.5. The van der Waals surface area contributed by atoms with Crippen molar-refractivity contribution in [2.75, 3.05) is 4.90 Å². The lowest BCUT2D eigenvalue weighted by Gasteiger charge is -2.24. The van der Waals surface area contributed by atoms with Crippen LogP contribution in [0.1, 0.15) is 33.3 Å². The maximum Gasteiger partial charge on any atom is 0.296 e. The molecule has 0 unspecified atom stereocenters. The van der Waals surface area contributed by atoms with Crippen molar-refractivity contribution in [3.05, 3.63) is 103 Å². The minimum Gasteiger partial charge on any atom is -0.450 e. The van der Waals surface area contributed by atoms with Gasteiger partial charge in [0.25, 0.3) is 5.91 Å². The van der Waals surface area contributed by atoms with Crippen LogP contribution in [-0.4, -0.2) is 10.9 Å². The van der Waals surface area contributed by atoms with Gasteiger partial charge in [0.05, 0.1) is 17.0 Å². The molecule has 0 aliphatic carbocycles. The van der Waals surface area contributed by atoms with Crippen LogP contribution < -0.4 is 10.3 Å². The number of aryl methyl sites for hydroxylation is 1. The average molecular weight is 482 g/mol. The highest BCUT2D eigenvalue weighted by atomic mass is 79.9. The van der Waals surface area contributed by atoms with Crippen LogP contribution in [0.15, 0.2) is 74.5 Å². The van der Waals surface area contributed by atoms with E-state index >= 15 is 0 Å². The molecule has 5 nitrogen and oxygen atoms in total. The molecular weight excluding hydrogens is 468 g/mol. The van der Waals surface area contributed by atoms with Crippen molar-refractivity contribution in [3.63, 3.8) is 0 Å². The highest BCUT2D eigenvalue weighted by Gasteiger charge is 2.44. The number of anilines is 1. The zero-order valence-corrected chi connectivity index (χ0v) is 18.1. The summed E-state index contributed by atoms with van der Waals surface area (Å²) in [6, 6.07) is 15.3. The van der Waals surface area contributed by atoms with Crippen LogP contribution in [0.4, 0.5) is 5.82 Å². The van der Waals surface area contributed by atoms with Gasteiger partial charge in [0.15, 0.2) is 5.43 Å². The zero-order chi connectivity index (χ0) is 21.0. The minimum absolute atomic E-state index is 0.0307. The number of carbonyl (C=O) groups excluding carboxylic acids is 1. The fourth-order valence-corrected chi connectivity index (χ4v) is 4.41. The molecule has 0 N–H and O–H groups in total. The molecule has 3 heterocycles. The molecule has 0 saturated carbocycles. The Kier molecular flexibility index (Phi) is 4.49. The Bertz CT molecular complexity index is 1400. The molecule has 1 amide bonds. The number of fused-ring (bicyclic) bond motifs is 2. The van der Waals surface area contributed by atoms with Gasteiger partial charge in [-0.05, 0) is 60.5 Å². The Balaban J connectivity index is 1.84. The molecule has 5 rings (SSSR count). The van der Waals surface area contributed by atoms with Crippen LogP contribution in [0.2, 0.25) is 5.02 Å². The number of carbonyl (C=O) groups is 1. The molecular formula is C23H14BrClN2O3. The lowest BCUT2D eigenvalue weighted by atomic mass is 9.98. The van der Waals surface area contributed by atoms with E-state index in [4.69, 9.17) is 16.0 Å². The molecule has 2 aromatic carbocycles. The third-order valence-electron chi connectivity index (χ3n) is 5.14. The summed E-state index contributed by atoms with van der Waals surface area (Å²) in [6.45, 7) is 1.92. The Hall–Kier alpha value is -2.96. The van der Waals surface area contributed by atoms with Gasteiger partial charge in [-0.3, -0.25) is 14.5 Å². The van der Waals surface area contributed by atoms with E-state index in [0.29, 0.717) is 21.8 Å². The van der Waals surface area contributed by atoms with E-state index in [0.717, 1.165) is 15.6 Å². The lowest BCUT2D eigenvalue weighted by Crippen LogP contribution is -2.30. The van der Waals surface area contributed by atoms with Crippen molar-refractivity contribution in [2.24, 2.45) is 0 Å². The highest BCUT2D eigenvalue weighted by Crippen LogP contribution is 2.41. The summed E-state index contributed by atoms with van der Waals surface area (Å²) in [6.07, 6.45) is 1.64. The van der Waals surface area contributed by atoms with E-state index in [1.165, 1.54) is 4.90 Å². The van der Waals surface area contributed by atoms with E-state index in [-0.39, 0.29) is 16.8 Å². The van der Waals surface area contributed by atoms with Crippen molar-refractivity contribution in [2.45, 2.75) is 13.0 Å². The van der Waals surface area contributed by atoms with Crippen molar-refractivity contribution in [1.82, 2.24) is 4.98 Å². The summed E-state index contributed by atoms with van der Waals surface area (Å²) in [7, 11) is 0.